The van der Waals surface area contributed by atoms with E-state index >= 15 is 0 Å². The highest BCUT2D eigenvalue weighted by molar-refractivity contribution is 5.71. The van der Waals surface area contributed by atoms with E-state index in [-0.39, 0.29) is 12.0 Å². The standard InChI is InChI=1S/C10H20N2O2/c1-8-9(10(13)14)4-5-12(8)7-6-11(2)3/h8-9H,4-7H2,1-3H3,(H,13,14). The second kappa shape index (κ2) is 4.75. The molecule has 0 radical (unpaired) electrons. The fraction of sp³-hybridized carbons (Fsp3) is 0.900. The van der Waals surface area contributed by atoms with Crippen LogP contribution in [0, 0.1) is 5.92 Å². The van der Waals surface area contributed by atoms with E-state index in [1.165, 1.54) is 0 Å². The molecular weight excluding hydrogens is 180 g/mol. The first-order chi connectivity index (χ1) is 6.52. The van der Waals surface area contributed by atoms with Gasteiger partial charge < -0.3 is 10.0 Å². The third kappa shape index (κ3) is 2.69. The van der Waals surface area contributed by atoms with Crippen molar-refractivity contribution in [1.29, 1.82) is 0 Å². The van der Waals surface area contributed by atoms with Crippen LogP contribution in [0.3, 0.4) is 0 Å². The molecule has 0 aromatic carbocycles. The molecule has 1 aliphatic heterocycles. The van der Waals surface area contributed by atoms with Crippen molar-refractivity contribution in [1.82, 2.24) is 9.80 Å². The van der Waals surface area contributed by atoms with Gasteiger partial charge in [-0.1, -0.05) is 0 Å². The Morgan fingerprint density at radius 2 is 2.21 bits per heavy atom. The van der Waals surface area contributed by atoms with Gasteiger partial charge in [0.05, 0.1) is 5.92 Å². The minimum atomic E-state index is -0.648. The van der Waals surface area contributed by atoms with Gasteiger partial charge >= 0.3 is 5.97 Å². The van der Waals surface area contributed by atoms with Crippen LogP contribution in [0.25, 0.3) is 0 Å². The maximum atomic E-state index is 10.9. The monoisotopic (exact) mass is 200 g/mol. The van der Waals surface area contributed by atoms with Gasteiger partial charge in [-0.15, -0.1) is 0 Å². The zero-order chi connectivity index (χ0) is 10.7. The molecule has 0 aromatic heterocycles. The van der Waals surface area contributed by atoms with Gasteiger partial charge in [0.25, 0.3) is 0 Å². The summed E-state index contributed by atoms with van der Waals surface area (Å²) in [6, 6.07) is 0.187. The molecule has 0 aliphatic carbocycles. The van der Waals surface area contributed by atoms with Crippen LogP contribution in [0.15, 0.2) is 0 Å². The third-order valence-electron chi connectivity index (χ3n) is 3.04. The van der Waals surface area contributed by atoms with Crippen LogP contribution in [0.5, 0.6) is 0 Å². The Kier molecular flexibility index (Phi) is 3.89. The van der Waals surface area contributed by atoms with Crippen LogP contribution in [-0.4, -0.2) is 60.6 Å². The van der Waals surface area contributed by atoms with Gasteiger partial charge in [0.1, 0.15) is 0 Å². The first-order valence-electron chi connectivity index (χ1n) is 5.14. The Hall–Kier alpha value is -0.610. The minimum absolute atomic E-state index is 0.169. The van der Waals surface area contributed by atoms with Crippen LogP contribution >= 0.6 is 0 Å². The van der Waals surface area contributed by atoms with Gasteiger partial charge in [-0.2, -0.15) is 0 Å². The average Bonchev–Trinajstić information content (AvgIpc) is 2.43. The molecule has 14 heavy (non-hydrogen) atoms. The summed E-state index contributed by atoms with van der Waals surface area (Å²) in [5.74, 6) is -0.818. The van der Waals surface area contributed by atoms with Crippen molar-refractivity contribution in [3.8, 4) is 0 Å². The lowest BCUT2D eigenvalue weighted by atomic mass is 10.0. The predicted molar refractivity (Wildman–Crippen MR) is 55.3 cm³/mol. The summed E-state index contributed by atoms with van der Waals surface area (Å²) in [5, 5.41) is 8.94. The second-order valence-corrected chi connectivity index (χ2v) is 4.31. The second-order valence-electron chi connectivity index (χ2n) is 4.31. The molecule has 2 atom stereocenters. The van der Waals surface area contributed by atoms with Crippen molar-refractivity contribution >= 4 is 5.97 Å². The number of carboxylic acid groups (broad SMARTS) is 1. The number of likely N-dealkylation sites (N-methyl/N-ethyl adjacent to an activating group) is 1. The fourth-order valence-electron chi connectivity index (χ4n) is 1.98. The summed E-state index contributed by atoms with van der Waals surface area (Å²) in [7, 11) is 4.07. The zero-order valence-electron chi connectivity index (χ0n) is 9.23. The number of nitrogens with zero attached hydrogens (tertiary/aromatic N) is 2. The summed E-state index contributed by atoms with van der Waals surface area (Å²) in [4.78, 5) is 15.2. The van der Waals surface area contributed by atoms with Gasteiger partial charge in [0.2, 0.25) is 0 Å². The number of hydrogen-bond acceptors (Lipinski definition) is 3. The lowest BCUT2D eigenvalue weighted by molar-refractivity contribution is -0.142. The number of aliphatic carboxylic acids is 1. The number of carbonyl (C=O) groups is 1. The van der Waals surface area contributed by atoms with Crippen LogP contribution in [0.2, 0.25) is 0 Å². The van der Waals surface area contributed by atoms with E-state index in [1.807, 2.05) is 21.0 Å². The van der Waals surface area contributed by atoms with Crippen LogP contribution in [0.4, 0.5) is 0 Å². The van der Waals surface area contributed by atoms with Gasteiger partial charge in [-0.05, 0) is 34.0 Å². The lowest BCUT2D eigenvalue weighted by Gasteiger charge is -2.24. The van der Waals surface area contributed by atoms with E-state index in [0.29, 0.717) is 0 Å². The van der Waals surface area contributed by atoms with Crippen molar-refractivity contribution < 1.29 is 9.90 Å². The number of hydrogen-bond donors (Lipinski definition) is 1. The summed E-state index contributed by atoms with van der Waals surface area (Å²) >= 11 is 0. The highest BCUT2D eigenvalue weighted by Gasteiger charge is 2.34. The topological polar surface area (TPSA) is 43.8 Å². The molecule has 4 nitrogen and oxygen atoms in total. The summed E-state index contributed by atoms with van der Waals surface area (Å²) < 4.78 is 0. The Morgan fingerprint density at radius 1 is 1.57 bits per heavy atom. The molecule has 4 heteroatoms. The highest BCUT2D eigenvalue weighted by Crippen LogP contribution is 2.23. The molecule has 1 aliphatic rings. The Morgan fingerprint density at radius 3 is 2.64 bits per heavy atom. The Labute approximate surface area is 85.5 Å². The SMILES string of the molecule is CC1C(C(=O)O)CCN1CCN(C)C. The third-order valence-corrected chi connectivity index (χ3v) is 3.04. The van der Waals surface area contributed by atoms with Crippen LogP contribution < -0.4 is 0 Å². The maximum Gasteiger partial charge on any atom is 0.308 e. The summed E-state index contributed by atoms with van der Waals surface area (Å²) in [6.45, 7) is 4.90. The van der Waals surface area contributed by atoms with Crippen molar-refractivity contribution in [2.24, 2.45) is 5.92 Å². The molecule has 1 N–H and O–H groups in total. The normalized spacial score (nSPS) is 28.6. The minimum Gasteiger partial charge on any atom is -0.481 e. The van der Waals surface area contributed by atoms with Crippen molar-refractivity contribution in [3.05, 3.63) is 0 Å². The average molecular weight is 200 g/mol. The molecule has 0 spiro atoms. The van der Waals surface area contributed by atoms with E-state index in [2.05, 4.69) is 9.80 Å². The van der Waals surface area contributed by atoms with Gasteiger partial charge in [0.15, 0.2) is 0 Å². The van der Waals surface area contributed by atoms with Crippen molar-refractivity contribution in [3.63, 3.8) is 0 Å². The Balaban J connectivity index is 2.39. The smallest absolute Gasteiger partial charge is 0.308 e. The maximum absolute atomic E-state index is 10.9. The molecule has 82 valence electrons. The largest absolute Gasteiger partial charge is 0.481 e. The number of carboxylic acids is 1. The van der Waals surface area contributed by atoms with Crippen LogP contribution in [-0.2, 0) is 4.79 Å². The predicted octanol–water partition coefficient (Wildman–Crippen LogP) is 0.343. The molecule has 1 saturated heterocycles. The first kappa shape index (κ1) is 11.5. The quantitative estimate of drug-likeness (QED) is 0.711. The van der Waals surface area contributed by atoms with E-state index in [1.54, 1.807) is 0 Å². The van der Waals surface area contributed by atoms with E-state index in [0.717, 1.165) is 26.1 Å². The molecule has 0 aromatic rings. The van der Waals surface area contributed by atoms with Crippen LogP contribution in [0.1, 0.15) is 13.3 Å². The van der Waals surface area contributed by atoms with Crippen molar-refractivity contribution in [2.45, 2.75) is 19.4 Å². The van der Waals surface area contributed by atoms with Gasteiger partial charge in [-0.3, -0.25) is 9.69 Å². The van der Waals surface area contributed by atoms with E-state index < -0.39 is 5.97 Å². The Bertz CT molecular complexity index is 206. The van der Waals surface area contributed by atoms with Crippen molar-refractivity contribution in [2.75, 3.05) is 33.7 Å². The highest BCUT2D eigenvalue weighted by atomic mass is 16.4. The molecule has 0 amide bonds. The number of likely N-dealkylation sites (tertiary alicyclic amines) is 1. The molecular formula is C10H20N2O2. The molecule has 0 saturated carbocycles. The van der Waals surface area contributed by atoms with E-state index in [4.69, 9.17) is 5.11 Å². The molecule has 1 rings (SSSR count). The lowest BCUT2D eigenvalue weighted by Crippen LogP contribution is -2.37. The fourth-order valence-corrected chi connectivity index (χ4v) is 1.98. The van der Waals surface area contributed by atoms with Gasteiger partial charge in [0, 0.05) is 19.1 Å². The molecule has 0 bridgehead atoms. The molecule has 2 unspecified atom stereocenters. The number of rotatable bonds is 4. The van der Waals surface area contributed by atoms with Gasteiger partial charge in [-0.25, -0.2) is 0 Å². The van der Waals surface area contributed by atoms with E-state index in [9.17, 15) is 4.79 Å². The summed E-state index contributed by atoms with van der Waals surface area (Å²) in [5.41, 5.74) is 0. The molecule has 1 fully saturated rings. The molecule has 1 heterocycles. The zero-order valence-corrected chi connectivity index (χ0v) is 9.23. The summed E-state index contributed by atoms with van der Waals surface area (Å²) in [6.07, 6.45) is 0.796. The first-order valence-corrected chi connectivity index (χ1v) is 5.14.